The second kappa shape index (κ2) is 4.28. The van der Waals surface area contributed by atoms with E-state index in [-0.39, 0.29) is 6.04 Å². The van der Waals surface area contributed by atoms with Crippen molar-refractivity contribution in [3.63, 3.8) is 0 Å². The van der Waals surface area contributed by atoms with Crippen molar-refractivity contribution in [1.82, 2.24) is 0 Å². The normalized spacial score (nSPS) is 15.1. The predicted octanol–water partition coefficient (Wildman–Crippen LogP) is 2.14. The lowest BCUT2D eigenvalue weighted by atomic mass is 10.1. The van der Waals surface area contributed by atoms with Crippen LogP contribution in [-0.4, -0.2) is 12.1 Å². The van der Waals surface area contributed by atoms with Crippen molar-refractivity contribution in [1.29, 1.82) is 0 Å². The zero-order valence-corrected chi connectivity index (χ0v) is 8.54. The van der Waals surface area contributed by atoms with Gasteiger partial charge in [-0.15, -0.1) is 0 Å². The molecule has 2 nitrogen and oxygen atoms in total. The van der Waals surface area contributed by atoms with Crippen LogP contribution in [0.1, 0.15) is 19.4 Å². The second-order valence-corrected chi connectivity index (χ2v) is 3.61. The number of aryl methyl sites for hydroxylation is 1. The largest absolute Gasteiger partial charge is 0.381 e. The first-order valence-electron chi connectivity index (χ1n) is 4.69. The molecule has 0 aliphatic carbocycles. The molecule has 0 spiro atoms. The fourth-order valence-electron chi connectivity index (χ4n) is 1.11. The van der Waals surface area contributed by atoms with Crippen LogP contribution in [0.15, 0.2) is 24.3 Å². The Bertz CT molecular complexity index is 269. The van der Waals surface area contributed by atoms with Crippen LogP contribution in [0.3, 0.4) is 0 Å². The Balaban J connectivity index is 2.69. The average molecular weight is 178 g/mol. The van der Waals surface area contributed by atoms with Crippen LogP contribution in [0.2, 0.25) is 0 Å². The van der Waals surface area contributed by atoms with E-state index >= 15 is 0 Å². The van der Waals surface area contributed by atoms with Crippen molar-refractivity contribution in [2.45, 2.75) is 32.9 Å². The first-order valence-corrected chi connectivity index (χ1v) is 4.69. The number of hydrogen-bond acceptors (Lipinski definition) is 2. The lowest BCUT2D eigenvalue weighted by molar-refractivity contribution is 0.638. The van der Waals surface area contributed by atoms with Crippen LogP contribution in [0, 0.1) is 6.92 Å². The molecule has 0 saturated carbocycles. The first-order chi connectivity index (χ1) is 6.11. The molecule has 0 aliphatic rings. The third-order valence-corrected chi connectivity index (χ3v) is 2.32. The molecule has 0 saturated heterocycles. The van der Waals surface area contributed by atoms with Gasteiger partial charge in [-0.05, 0) is 32.4 Å². The molecule has 2 unspecified atom stereocenters. The molecule has 1 rings (SSSR count). The van der Waals surface area contributed by atoms with Gasteiger partial charge in [0.25, 0.3) is 0 Å². The topological polar surface area (TPSA) is 38.0 Å². The lowest BCUT2D eigenvalue weighted by Crippen LogP contribution is -2.35. The monoisotopic (exact) mass is 178 g/mol. The van der Waals surface area contributed by atoms with Gasteiger partial charge in [-0.1, -0.05) is 18.2 Å². The summed E-state index contributed by atoms with van der Waals surface area (Å²) in [5.74, 6) is 0. The van der Waals surface area contributed by atoms with E-state index in [0.717, 1.165) is 0 Å². The highest BCUT2D eigenvalue weighted by Crippen LogP contribution is 2.14. The van der Waals surface area contributed by atoms with Crippen LogP contribution < -0.4 is 11.1 Å². The van der Waals surface area contributed by atoms with E-state index in [2.05, 4.69) is 31.3 Å². The minimum atomic E-state index is 0.166. The van der Waals surface area contributed by atoms with Crippen molar-refractivity contribution in [2.75, 3.05) is 5.32 Å². The summed E-state index contributed by atoms with van der Waals surface area (Å²) >= 11 is 0. The maximum Gasteiger partial charge on any atom is 0.0381 e. The molecule has 2 atom stereocenters. The van der Waals surface area contributed by atoms with Gasteiger partial charge >= 0.3 is 0 Å². The number of benzene rings is 1. The van der Waals surface area contributed by atoms with Crippen molar-refractivity contribution in [3.05, 3.63) is 29.8 Å². The van der Waals surface area contributed by atoms with Gasteiger partial charge in [0.2, 0.25) is 0 Å². The molecule has 1 aromatic carbocycles. The van der Waals surface area contributed by atoms with Gasteiger partial charge in [-0.3, -0.25) is 0 Å². The SMILES string of the molecule is Cc1ccccc1NC(C)C(C)N. The van der Waals surface area contributed by atoms with Gasteiger partial charge in [0.1, 0.15) is 0 Å². The molecule has 72 valence electrons. The molecule has 0 fully saturated rings. The van der Waals surface area contributed by atoms with Gasteiger partial charge in [-0.2, -0.15) is 0 Å². The van der Waals surface area contributed by atoms with E-state index in [1.807, 2.05) is 19.1 Å². The van der Waals surface area contributed by atoms with E-state index in [0.29, 0.717) is 6.04 Å². The third kappa shape index (κ3) is 2.74. The maximum absolute atomic E-state index is 5.77. The van der Waals surface area contributed by atoms with Crippen LogP contribution in [0.4, 0.5) is 5.69 Å². The van der Waals surface area contributed by atoms with E-state index in [1.165, 1.54) is 11.3 Å². The summed E-state index contributed by atoms with van der Waals surface area (Å²) in [6, 6.07) is 8.71. The molecule has 0 heterocycles. The zero-order valence-electron chi connectivity index (χ0n) is 8.54. The summed E-state index contributed by atoms with van der Waals surface area (Å²) in [7, 11) is 0. The molecule has 0 bridgehead atoms. The fraction of sp³-hybridized carbons (Fsp3) is 0.455. The highest BCUT2D eigenvalue weighted by atomic mass is 14.9. The number of nitrogens with one attached hydrogen (secondary N) is 1. The Hall–Kier alpha value is -1.02. The molecular weight excluding hydrogens is 160 g/mol. The Morgan fingerprint density at radius 3 is 2.38 bits per heavy atom. The Morgan fingerprint density at radius 1 is 1.23 bits per heavy atom. The van der Waals surface area contributed by atoms with Crippen molar-refractivity contribution in [2.24, 2.45) is 5.73 Å². The second-order valence-electron chi connectivity index (χ2n) is 3.61. The summed E-state index contributed by atoms with van der Waals surface area (Å²) in [5, 5.41) is 3.38. The predicted molar refractivity (Wildman–Crippen MR) is 57.9 cm³/mol. The van der Waals surface area contributed by atoms with E-state index in [4.69, 9.17) is 5.73 Å². The average Bonchev–Trinajstić information content (AvgIpc) is 2.08. The lowest BCUT2D eigenvalue weighted by Gasteiger charge is -2.19. The summed E-state index contributed by atoms with van der Waals surface area (Å²) in [5.41, 5.74) is 8.20. The molecule has 13 heavy (non-hydrogen) atoms. The highest BCUT2D eigenvalue weighted by molar-refractivity contribution is 5.50. The standard InChI is InChI=1S/C11H18N2/c1-8-6-4-5-7-11(8)13-10(3)9(2)12/h4-7,9-10,13H,12H2,1-3H3. The zero-order chi connectivity index (χ0) is 9.84. The number of rotatable bonds is 3. The van der Waals surface area contributed by atoms with Gasteiger partial charge in [0.15, 0.2) is 0 Å². The molecule has 3 N–H and O–H groups in total. The Kier molecular flexibility index (Phi) is 3.32. The smallest absolute Gasteiger partial charge is 0.0381 e. The number of para-hydroxylation sites is 1. The molecular formula is C11H18N2. The summed E-state index contributed by atoms with van der Waals surface area (Å²) < 4.78 is 0. The minimum Gasteiger partial charge on any atom is -0.381 e. The molecule has 1 aromatic rings. The van der Waals surface area contributed by atoms with Crippen LogP contribution in [0.25, 0.3) is 0 Å². The quantitative estimate of drug-likeness (QED) is 0.744. The van der Waals surface area contributed by atoms with Crippen LogP contribution in [0.5, 0.6) is 0 Å². The molecule has 2 heteroatoms. The van der Waals surface area contributed by atoms with Gasteiger partial charge in [0.05, 0.1) is 0 Å². The summed E-state index contributed by atoms with van der Waals surface area (Å²) in [6.45, 7) is 6.20. The third-order valence-electron chi connectivity index (χ3n) is 2.32. The van der Waals surface area contributed by atoms with E-state index in [1.54, 1.807) is 0 Å². The van der Waals surface area contributed by atoms with E-state index in [9.17, 15) is 0 Å². The van der Waals surface area contributed by atoms with Gasteiger partial charge in [-0.25, -0.2) is 0 Å². The first kappa shape index (κ1) is 10.1. The van der Waals surface area contributed by atoms with Crippen molar-refractivity contribution >= 4 is 5.69 Å². The fourth-order valence-corrected chi connectivity index (χ4v) is 1.11. The highest BCUT2D eigenvalue weighted by Gasteiger charge is 2.07. The summed E-state index contributed by atoms with van der Waals surface area (Å²) in [6.07, 6.45) is 0. The Labute approximate surface area is 80.1 Å². The molecule has 0 aliphatic heterocycles. The summed E-state index contributed by atoms with van der Waals surface area (Å²) in [4.78, 5) is 0. The molecule has 0 amide bonds. The van der Waals surface area contributed by atoms with Gasteiger partial charge in [0, 0.05) is 17.8 Å². The van der Waals surface area contributed by atoms with Crippen LogP contribution in [-0.2, 0) is 0 Å². The molecule has 0 aromatic heterocycles. The Morgan fingerprint density at radius 2 is 1.85 bits per heavy atom. The number of hydrogen-bond donors (Lipinski definition) is 2. The van der Waals surface area contributed by atoms with Crippen molar-refractivity contribution in [3.8, 4) is 0 Å². The van der Waals surface area contributed by atoms with Crippen LogP contribution >= 0.6 is 0 Å². The van der Waals surface area contributed by atoms with Gasteiger partial charge < -0.3 is 11.1 Å². The maximum atomic E-state index is 5.77. The molecule has 0 radical (unpaired) electrons. The van der Waals surface area contributed by atoms with E-state index < -0.39 is 0 Å². The van der Waals surface area contributed by atoms with Crippen molar-refractivity contribution < 1.29 is 0 Å². The number of nitrogens with two attached hydrogens (primary N) is 1. The minimum absolute atomic E-state index is 0.166. The number of anilines is 1.